The van der Waals surface area contributed by atoms with Gasteiger partial charge < -0.3 is 13.9 Å². The fraction of sp³-hybridized carbons (Fsp3) is 0.0317. The van der Waals surface area contributed by atoms with E-state index < -0.39 is 0 Å². The standard InChI is InChI=1S/C63H42N2O2/c1-40-49-18-8-9-19-52(49)53-36-35-48(39-57(40)53)64(46-31-26-42(27-32-46)41-14-4-2-5-15-41)47-33-28-43(29-34-47)50-21-12-23-55-61(66)56-24-13-22-51(63(56)67-62(50)55)44-30-37-60-58(38-44)54-20-10-11-25-59(54)65(60)45-16-6-3-7-17-45/h2-40H,1H3. The zero-order chi connectivity index (χ0) is 44.6. The van der Waals surface area contributed by atoms with Gasteiger partial charge >= 0.3 is 0 Å². The predicted molar refractivity (Wildman–Crippen MR) is 278 cm³/mol. The Morgan fingerprint density at radius 1 is 0.388 bits per heavy atom. The van der Waals surface area contributed by atoms with Crippen LogP contribution in [-0.2, 0) is 0 Å². The van der Waals surface area contributed by atoms with Crippen molar-refractivity contribution in [2.45, 2.75) is 12.8 Å². The summed E-state index contributed by atoms with van der Waals surface area (Å²) in [5.41, 5.74) is 19.0. The van der Waals surface area contributed by atoms with Crippen molar-refractivity contribution < 1.29 is 4.42 Å². The first-order valence-corrected chi connectivity index (χ1v) is 22.9. The van der Waals surface area contributed by atoms with E-state index in [1.54, 1.807) is 0 Å². The first kappa shape index (κ1) is 38.7. The van der Waals surface area contributed by atoms with Crippen molar-refractivity contribution in [3.8, 4) is 50.2 Å². The molecule has 1 atom stereocenters. The summed E-state index contributed by atoms with van der Waals surface area (Å²) in [7, 11) is 0. The fourth-order valence-electron chi connectivity index (χ4n) is 10.6. The third-order valence-corrected chi connectivity index (χ3v) is 13.9. The molecule has 0 spiro atoms. The molecule has 1 aliphatic rings. The van der Waals surface area contributed by atoms with Crippen LogP contribution in [0.4, 0.5) is 17.1 Å². The van der Waals surface area contributed by atoms with Crippen LogP contribution in [-0.4, -0.2) is 4.57 Å². The molecule has 10 aromatic carbocycles. The lowest BCUT2D eigenvalue weighted by atomic mass is 9.97. The SMILES string of the molecule is CC1c2ccccc2-c2ccc(N(c3ccc(-c4ccccc4)cc3)c3ccc(-c4cccc5c(=O)c6cccc(-c7ccc8c(c7)c7ccccc7n8-c7ccccc7)c6oc45)cc3)cc21. The minimum absolute atomic E-state index is 0.0450. The van der Waals surface area contributed by atoms with Crippen LogP contribution < -0.4 is 10.3 Å². The summed E-state index contributed by atoms with van der Waals surface area (Å²) in [4.78, 5) is 16.8. The molecule has 0 N–H and O–H groups in total. The second-order valence-corrected chi connectivity index (χ2v) is 17.6. The highest BCUT2D eigenvalue weighted by molar-refractivity contribution is 6.11. The number of para-hydroxylation sites is 4. The molecule has 1 aliphatic carbocycles. The zero-order valence-electron chi connectivity index (χ0n) is 36.7. The zero-order valence-corrected chi connectivity index (χ0v) is 36.7. The monoisotopic (exact) mass is 858 g/mol. The maximum Gasteiger partial charge on any atom is 0.200 e. The summed E-state index contributed by atoms with van der Waals surface area (Å²) in [5, 5.41) is 3.42. The number of hydrogen-bond donors (Lipinski definition) is 0. The van der Waals surface area contributed by atoms with E-state index in [2.05, 4.69) is 217 Å². The molecule has 2 aromatic heterocycles. The number of nitrogens with zero attached hydrogens (tertiary/aromatic N) is 2. The van der Waals surface area contributed by atoms with E-state index in [1.807, 2.05) is 30.3 Å². The Labute approximate surface area is 387 Å². The lowest BCUT2D eigenvalue weighted by molar-refractivity contribution is 0.662. The summed E-state index contributed by atoms with van der Waals surface area (Å²) in [5.74, 6) is 0.290. The molecule has 0 radical (unpaired) electrons. The molecule has 0 amide bonds. The van der Waals surface area contributed by atoms with Crippen LogP contribution in [0.2, 0.25) is 0 Å². The molecule has 0 fully saturated rings. The average molecular weight is 859 g/mol. The van der Waals surface area contributed by atoms with Crippen LogP contribution in [0.25, 0.3) is 93.9 Å². The molecule has 0 saturated heterocycles. The Morgan fingerprint density at radius 3 is 1.64 bits per heavy atom. The molecule has 13 rings (SSSR count). The fourth-order valence-corrected chi connectivity index (χ4v) is 10.6. The number of fused-ring (bicyclic) bond motifs is 8. The van der Waals surface area contributed by atoms with Gasteiger partial charge in [-0.05, 0) is 123 Å². The molecule has 316 valence electrons. The van der Waals surface area contributed by atoms with Crippen molar-refractivity contribution in [1.29, 1.82) is 0 Å². The minimum atomic E-state index is -0.0450. The second kappa shape index (κ2) is 15.5. The highest BCUT2D eigenvalue weighted by atomic mass is 16.3. The van der Waals surface area contributed by atoms with E-state index in [4.69, 9.17) is 4.42 Å². The lowest BCUT2D eigenvalue weighted by Crippen LogP contribution is -2.10. The van der Waals surface area contributed by atoms with Crippen molar-refractivity contribution >= 4 is 60.8 Å². The van der Waals surface area contributed by atoms with E-state index in [0.29, 0.717) is 21.9 Å². The molecule has 0 saturated carbocycles. The maximum atomic E-state index is 14.5. The highest BCUT2D eigenvalue weighted by Crippen LogP contribution is 2.48. The molecule has 4 heteroatoms. The van der Waals surface area contributed by atoms with E-state index in [1.165, 1.54) is 38.8 Å². The van der Waals surface area contributed by atoms with Crippen molar-refractivity contribution in [2.24, 2.45) is 0 Å². The minimum Gasteiger partial charge on any atom is -0.455 e. The Hall–Kier alpha value is -8.73. The Bertz CT molecular complexity index is 3940. The van der Waals surface area contributed by atoms with Gasteiger partial charge in [0.2, 0.25) is 5.43 Å². The number of rotatable bonds is 7. The summed E-state index contributed by atoms with van der Waals surface area (Å²) in [6.07, 6.45) is 0. The van der Waals surface area contributed by atoms with Crippen molar-refractivity contribution in [3.63, 3.8) is 0 Å². The summed E-state index contributed by atoms with van der Waals surface area (Å²) in [6, 6.07) is 81.0. The largest absolute Gasteiger partial charge is 0.455 e. The maximum absolute atomic E-state index is 14.5. The van der Waals surface area contributed by atoms with Crippen molar-refractivity contribution in [2.75, 3.05) is 4.90 Å². The number of hydrogen-bond acceptors (Lipinski definition) is 3. The number of aromatic nitrogens is 1. The van der Waals surface area contributed by atoms with E-state index in [9.17, 15) is 4.79 Å². The van der Waals surface area contributed by atoms with Crippen LogP contribution in [0.15, 0.2) is 240 Å². The van der Waals surface area contributed by atoms with Crippen molar-refractivity contribution in [1.82, 2.24) is 4.57 Å². The Balaban J connectivity index is 0.921. The van der Waals surface area contributed by atoms with Gasteiger partial charge in [-0.1, -0.05) is 159 Å². The summed E-state index contributed by atoms with van der Waals surface area (Å²) < 4.78 is 9.31. The molecular weight excluding hydrogens is 817 g/mol. The Kier molecular flexibility index (Phi) is 8.94. The van der Waals surface area contributed by atoms with Gasteiger partial charge in [0.25, 0.3) is 0 Å². The molecule has 1 unspecified atom stereocenters. The van der Waals surface area contributed by atoms with Gasteiger partial charge in [-0.25, -0.2) is 0 Å². The molecule has 0 aliphatic heterocycles. The summed E-state index contributed by atoms with van der Waals surface area (Å²) in [6.45, 7) is 2.31. The van der Waals surface area contributed by atoms with Gasteiger partial charge in [-0.2, -0.15) is 0 Å². The van der Waals surface area contributed by atoms with Crippen LogP contribution in [0, 0.1) is 0 Å². The molecule has 4 nitrogen and oxygen atoms in total. The van der Waals surface area contributed by atoms with Gasteiger partial charge in [-0.3, -0.25) is 4.79 Å². The van der Waals surface area contributed by atoms with Crippen LogP contribution in [0.5, 0.6) is 0 Å². The van der Waals surface area contributed by atoms with Gasteiger partial charge in [0.05, 0.1) is 21.8 Å². The summed E-state index contributed by atoms with van der Waals surface area (Å²) >= 11 is 0. The van der Waals surface area contributed by atoms with Gasteiger partial charge in [0, 0.05) is 50.6 Å². The van der Waals surface area contributed by atoms with Crippen molar-refractivity contribution in [3.05, 3.63) is 252 Å². The number of benzene rings is 10. The van der Waals surface area contributed by atoms with Gasteiger partial charge in [0.1, 0.15) is 11.2 Å². The molecule has 0 bridgehead atoms. The molecule has 12 aromatic rings. The van der Waals surface area contributed by atoms with Gasteiger partial charge in [0.15, 0.2) is 0 Å². The lowest BCUT2D eigenvalue weighted by Gasteiger charge is -2.27. The second-order valence-electron chi connectivity index (χ2n) is 17.6. The van der Waals surface area contributed by atoms with Crippen LogP contribution in [0.3, 0.4) is 0 Å². The van der Waals surface area contributed by atoms with Crippen LogP contribution >= 0.6 is 0 Å². The molecule has 2 heterocycles. The van der Waals surface area contributed by atoms with Crippen LogP contribution in [0.1, 0.15) is 24.0 Å². The average Bonchev–Trinajstić information content (AvgIpc) is 3.88. The third kappa shape index (κ3) is 6.25. The Morgan fingerprint density at radius 2 is 0.910 bits per heavy atom. The van der Waals surface area contributed by atoms with E-state index in [0.717, 1.165) is 61.4 Å². The number of anilines is 3. The molecule has 67 heavy (non-hydrogen) atoms. The smallest absolute Gasteiger partial charge is 0.200 e. The highest BCUT2D eigenvalue weighted by Gasteiger charge is 2.27. The predicted octanol–water partition coefficient (Wildman–Crippen LogP) is 16.6. The van der Waals surface area contributed by atoms with E-state index >= 15 is 0 Å². The topological polar surface area (TPSA) is 38.4 Å². The first-order chi connectivity index (χ1) is 33.1. The van der Waals surface area contributed by atoms with E-state index in [-0.39, 0.29) is 11.3 Å². The van der Waals surface area contributed by atoms with Gasteiger partial charge in [-0.15, -0.1) is 0 Å². The quantitative estimate of drug-likeness (QED) is 0.150. The third-order valence-electron chi connectivity index (χ3n) is 13.9. The normalized spacial score (nSPS) is 13.1. The first-order valence-electron chi connectivity index (χ1n) is 22.9. The molecular formula is C63H42N2O2.